The second-order valence-electron chi connectivity index (χ2n) is 3.56. The summed E-state index contributed by atoms with van der Waals surface area (Å²) in [6, 6.07) is 0.0988. The molecule has 0 spiro atoms. The van der Waals surface area contributed by atoms with Crippen molar-refractivity contribution in [1.29, 1.82) is 0 Å². The molecule has 1 unspecified atom stereocenters. The number of hydrogen-bond acceptors (Lipinski definition) is 6. The number of carboxylic acid groups (broad SMARTS) is 1. The number of amides is 1. The maximum Gasteiger partial charge on any atom is 0.327 e. The summed E-state index contributed by atoms with van der Waals surface area (Å²) < 4.78 is 5.50. The van der Waals surface area contributed by atoms with Gasteiger partial charge in [-0.25, -0.2) is 4.79 Å². The zero-order valence-corrected chi connectivity index (χ0v) is 10.8. The molecule has 9 heteroatoms. The molecule has 1 amide bonds. The van der Waals surface area contributed by atoms with Crippen molar-refractivity contribution in [2.24, 2.45) is 0 Å². The Bertz CT molecular complexity index is 534. The van der Waals surface area contributed by atoms with E-state index in [1.54, 1.807) is 0 Å². The van der Waals surface area contributed by atoms with Crippen LogP contribution in [0, 0.1) is 6.92 Å². The number of thioether (sulfide) groups is 1. The number of carboxylic acids is 1. The standard InChI is InChI=1S/C10H12N2O6S/c1-6-2-8(14)12(18-6)9(15)4-19-3-7(10(16)17)11-5-13/h2,5,7H,3-4H2,1H3,(H,11,13)(H,16,17). The van der Waals surface area contributed by atoms with Gasteiger partial charge in [0, 0.05) is 11.8 Å². The number of rotatable bonds is 7. The van der Waals surface area contributed by atoms with Gasteiger partial charge in [0.15, 0.2) is 0 Å². The zero-order valence-electron chi connectivity index (χ0n) is 9.99. The summed E-state index contributed by atoms with van der Waals surface area (Å²) in [6.45, 7) is 1.53. The van der Waals surface area contributed by atoms with Gasteiger partial charge in [-0.2, -0.15) is 0 Å². The highest BCUT2D eigenvalue weighted by atomic mass is 32.2. The summed E-state index contributed by atoms with van der Waals surface area (Å²) in [7, 11) is 0. The fraction of sp³-hybridized carbons (Fsp3) is 0.400. The van der Waals surface area contributed by atoms with Crippen molar-refractivity contribution in [1.82, 2.24) is 10.1 Å². The highest BCUT2D eigenvalue weighted by molar-refractivity contribution is 8.00. The van der Waals surface area contributed by atoms with Gasteiger partial charge in [0.2, 0.25) is 6.41 Å². The van der Waals surface area contributed by atoms with Crippen molar-refractivity contribution in [3.05, 3.63) is 22.2 Å². The minimum atomic E-state index is -1.20. The van der Waals surface area contributed by atoms with Crippen LogP contribution in [0.1, 0.15) is 10.6 Å². The average molecular weight is 288 g/mol. The lowest BCUT2D eigenvalue weighted by Crippen LogP contribution is -2.38. The Morgan fingerprint density at radius 3 is 2.79 bits per heavy atom. The van der Waals surface area contributed by atoms with E-state index in [0.29, 0.717) is 10.5 Å². The Hall–Kier alpha value is -2.03. The van der Waals surface area contributed by atoms with E-state index in [0.717, 1.165) is 11.8 Å². The zero-order chi connectivity index (χ0) is 14.4. The highest BCUT2D eigenvalue weighted by Crippen LogP contribution is 2.05. The van der Waals surface area contributed by atoms with Crippen LogP contribution in [0.3, 0.4) is 0 Å². The van der Waals surface area contributed by atoms with E-state index in [9.17, 15) is 19.2 Å². The molecule has 0 saturated heterocycles. The maximum atomic E-state index is 11.6. The molecule has 1 atom stereocenters. The molecule has 0 saturated carbocycles. The molecule has 0 fully saturated rings. The average Bonchev–Trinajstić information content (AvgIpc) is 2.67. The number of nitrogens with zero attached hydrogens (tertiary/aromatic N) is 1. The fourth-order valence-electron chi connectivity index (χ4n) is 1.22. The van der Waals surface area contributed by atoms with Gasteiger partial charge in [-0.3, -0.25) is 14.4 Å². The van der Waals surface area contributed by atoms with Crippen molar-refractivity contribution in [3.8, 4) is 0 Å². The van der Waals surface area contributed by atoms with Crippen LogP contribution < -0.4 is 10.9 Å². The van der Waals surface area contributed by atoms with Crippen molar-refractivity contribution < 1.29 is 24.0 Å². The van der Waals surface area contributed by atoms with Crippen molar-refractivity contribution in [3.63, 3.8) is 0 Å². The lowest BCUT2D eigenvalue weighted by atomic mass is 10.3. The predicted octanol–water partition coefficient (Wildman–Crippen LogP) is -0.678. The summed E-state index contributed by atoms with van der Waals surface area (Å²) in [5.74, 6) is -1.59. The van der Waals surface area contributed by atoms with E-state index in [2.05, 4.69) is 5.32 Å². The number of aromatic nitrogens is 1. The lowest BCUT2D eigenvalue weighted by Gasteiger charge is -2.09. The Morgan fingerprint density at radius 1 is 1.63 bits per heavy atom. The highest BCUT2D eigenvalue weighted by Gasteiger charge is 2.18. The van der Waals surface area contributed by atoms with Gasteiger partial charge in [0.1, 0.15) is 11.8 Å². The third kappa shape index (κ3) is 4.28. The third-order valence-corrected chi connectivity index (χ3v) is 3.09. The van der Waals surface area contributed by atoms with E-state index in [1.807, 2.05) is 0 Å². The van der Waals surface area contributed by atoms with E-state index in [4.69, 9.17) is 9.63 Å². The van der Waals surface area contributed by atoms with E-state index in [-0.39, 0.29) is 17.9 Å². The summed E-state index contributed by atoms with van der Waals surface area (Å²) in [6.07, 6.45) is 0.279. The molecule has 0 bridgehead atoms. The fourth-order valence-corrected chi connectivity index (χ4v) is 2.10. The Kier molecular flexibility index (Phi) is 5.37. The first kappa shape index (κ1) is 15.0. The molecule has 1 aromatic heterocycles. The number of carbonyl (C=O) groups excluding carboxylic acids is 2. The molecule has 0 aliphatic carbocycles. The van der Waals surface area contributed by atoms with Crippen LogP contribution >= 0.6 is 11.8 Å². The van der Waals surface area contributed by atoms with E-state index in [1.165, 1.54) is 13.0 Å². The minimum Gasteiger partial charge on any atom is -0.480 e. The molecule has 104 valence electrons. The Labute approximate surface area is 111 Å². The molecule has 1 aromatic rings. The molecular formula is C10H12N2O6S. The first-order chi connectivity index (χ1) is 8.95. The predicted molar refractivity (Wildman–Crippen MR) is 66.3 cm³/mol. The summed E-state index contributed by atoms with van der Waals surface area (Å²) in [4.78, 5) is 43.7. The molecule has 19 heavy (non-hydrogen) atoms. The number of hydrogen-bond donors (Lipinski definition) is 2. The number of nitrogens with one attached hydrogen (secondary N) is 1. The quantitative estimate of drug-likeness (QED) is 0.638. The Balaban J connectivity index is 2.51. The summed E-state index contributed by atoms with van der Waals surface area (Å²) >= 11 is 0.979. The van der Waals surface area contributed by atoms with Crippen LogP contribution in [0.4, 0.5) is 0 Å². The lowest BCUT2D eigenvalue weighted by molar-refractivity contribution is -0.139. The maximum absolute atomic E-state index is 11.6. The SMILES string of the molecule is Cc1cc(=O)n(C(=O)CSCC(NC=O)C(=O)O)o1. The molecule has 1 rings (SSSR count). The topological polar surface area (TPSA) is 119 Å². The monoisotopic (exact) mass is 288 g/mol. The van der Waals surface area contributed by atoms with Crippen LogP contribution in [0.15, 0.2) is 15.4 Å². The van der Waals surface area contributed by atoms with Crippen LogP contribution in [-0.4, -0.2) is 45.7 Å². The second-order valence-corrected chi connectivity index (χ2v) is 4.59. The van der Waals surface area contributed by atoms with Crippen LogP contribution in [-0.2, 0) is 9.59 Å². The third-order valence-electron chi connectivity index (χ3n) is 2.07. The molecule has 0 radical (unpaired) electrons. The van der Waals surface area contributed by atoms with E-state index < -0.39 is 23.5 Å². The molecular weight excluding hydrogens is 276 g/mol. The van der Waals surface area contributed by atoms with Gasteiger partial charge in [0.05, 0.1) is 5.75 Å². The molecule has 0 aliphatic rings. The molecule has 0 aliphatic heterocycles. The summed E-state index contributed by atoms with van der Waals surface area (Å²) in [5, 5.41) is 10.8. The van der Waals surface area contributed by atoms with Gasteiger partial charge < -0.3 is 14.9 Å². The normalized spacial score (nSPS) is 11.8. The molecule has 8 nitrogen and oxygen atoms in total. The minimum absolute atomic E-state index is 0.00819. The van der Waals surface area contributed by atoms with Gasteiger partial charge in [-0.1, -0.05) is 0 Å². The van der Waals surface area contributed by atoms with Gasteiger partial charge in [-0.15, -0.1) is 16.5 Å². The molecule has 2 N–H and O–H groups in total. The number of aliphatic carboxylic acids is 1. The van der Waals surface area contributed by atoms with Crippen LogP contribution in [0.25, 0.3) is 0 Å². The smallest absolute Gasteiger partial charge is 0.327 e. The molecule has 1 heterocycles. The van der Waals surface area contributed by atoms with Gasteiger partial charge >= 0.3 is 5.97 Å². The van der Waals surface area contributed by atoms with Crippen molar-refractivity contribution in [2.75, 3.05) is 11.5 Å². The largest absolute Gasteiger partial charge is 0.480 e. The van der Waals surface area contributed by atoms with Crippen molar-refractivity contribution >= 4 is 30.0 Å². The second kappa shape index (κ2) is 6.78. The summed E-state index contributed by atoms with van der Waals surface area (Å²) in [5.41, 5.74) is -0.566. The first-order valence-electron chi connectivity index (χ1n) is 5.19. The van der Waals surface area contributed by atoms with Gasteiger partial charge in [0.25, 0.3) is 11.5 Å². The first-order valence-corrected chi connectivity index (χ1v) is 6.34. The molecule has 0 aromatic carbocycles. The van der Waals surface area contributed by atoms with Crippen molar-refractivity contribution in [2.45, 2.75) is 13.0 Å². The van der Waals surface area contributed by atoms with Gasteiger partial charge in [-0.05, 0) is 6.92 Å². The number of carbonyl (C=O) groups is 3. The van der Waals surface area contributed by atoms with Crippen LogP contribution in [0.2, 0.25) is 0 Å². The van der Waals surface area contributed by atoms with E-state index >= 15 is 0 Å². The Morgan fingerprint density at radius 2 is 2.32 bits per heavy atom. The number of aryl methyl sites for hydroxylation is 1. The van der Waals surface area contributed by atoms with Crippen LogP contribution in [0.5, 0.6) is 0 Å².